The Hall–Kier alpha value is -1.07. The van der Waals surface area contributed by atoms with Gasteiger partial charge in [0.1, 0.15) is 0 Å². The van der Waals surface area contributed by atoms with Crippen LogP contribution in [-0.2, 0) is 0 Å². The van der Waals surface area contributed by atoms with E-state index in [2.05, 4.69) is 86.7 Å². The van der Waals surface area contributed by atoms with Crippen LogP contribution in [0.2, 0.25) is 0 Å². The van der Waals surface area contributed by atoms with Crippen LogP contribution < -0.4 is 4.72 Å². The standard InChI is InChI=1S/C19H28N2OS.C3H8/c1-4-12-21(15(2)3)14-17(22)13-20-23-19-11-7-9-16-8-5-6-10-18(16)19;1-3-2/h5-11,15,17,20,22H,4,12-14H2,1-3H3;3H2,1-2H3. The van der Waals surface area contributed by atoms with Gasteiger partial charge >= 0.3 is 0 Å². The summed E-state index contributed by atoms with van der Waals surface area (Å²) in [4.78, 5) is 3.53. The maximum absolute atomic E-state index is 10.3. The van der Waals surface area contributed by atoms with Crippen LogP contribution in [0.15, 0.2) is 47.4 Å². The van der Waals surface area contributed by atoms with E-state index in [0.717, 1.165) is 13.0 Å². The highest BCUT2D eigenvalue weighted by Gasteiger charge is 2.14. The summed E-state index contributed by atoms with van der Waals surface area (Å²) in [6.07, 6.45) is 2.01. The first-order valence-corrected chi connectivity index (χ1v) is 10.6. The van der Waals surface area contributed by atoms with Crippen LogP contribution in [-0.4, -0.2) is 41.8 Å². The summed E-state index contributed by atoms with van der Waals surface area (Å²) in [7, 11) is 0. The predicted octanol–water partition coefficient (Wildman–Crippen LogP) is 5.33. The molecule has 4 heteroatoms. The molecule has 0 saturated carbocycles. The second-order valence-corrected chi connectivity index (χ2v) is 7.81. The van der Waals surface area contributed by atoms with Gasteiger partial charge in [-0.15, -0.1) is 0 Å². The fraction of sp³-hybridized carbons (Fsp3) is 0.545. The molecule has 1 unspecified atom stereocenters. The Morgan fingerprint density at radius 3 is 2.35 bits per heavy atom. The van der Waals surface area contributed by atoms with E-state index in [4.69, 9.17) is 0 Å². The molecule has 0 aliphatic heterocycles. The lowest BCUT2D eigenvalue weighted by Gasteiger charge is -2.28. The third-order valence-corrected chi connectivity index (χ3v) is 4.82. The molecule has 0 fully saturated rings. The Morgan fingerprint density at radius 2 is 1.69 bits per heavy atom. The molecule has 1 atom stereocenters. The van der Waals surface area contributed by atoms with Crippen molar-refractivity contribution in [2.45, 2.75) is 64.5 Å². The van der Waals surface area contributed by atoms with Gasteiger partial charge < -0.3 is 5.11 Å². The van der Waals surface area contributed by atoms with Crippen molar-refractivity contribution in [2.24, 2.45) is 0 Å². The zero-order valence-electron chi connectivity index (χ0n) is 17.0. The monoisotopic (exact) mass is 376 g/mol. The van der Waals surface area contributed by atoms with Gasteiger partial charge in [-0.1, -0.05) is 63.6 Å². The van der Waals surface area contributed by atoms with Crippen LogP contribution >= 0.6 is 11.9 Å². The summed E-state index contributed by atoms with van der Waals surface area (Å²) in [5.41, 5.74) is 0. The number of aliphatic hydroxyl groups excluding tert-OH is 1. The van der Waals surface area contributed by atoms with E-state index < -0.39 is 0 Å². The maximum atomic E-state index is 10.3. The normalized spacial score (nSPS) is 12.3. The van der Waals surface area contributed by atoms with Gasteiger partial charge in [0.2, 0.25) is 0 Å². The van der Waals surface area contributed by atoms with Crippen molar-refractivity contribution < 1.29 is 5.11 Å². The summed E-state index contributed by atoms with van der Waals surface area (Å²) in [5, 5.41) is 12.8. The van der Waals surface area contributed by atoms with E-state index in [1.54, 1.807) is 11.9 Å². The van der Waals surface area contributed by atoms with Gasteiger partial charge in [0.15, 0.2) is 0 Å². The Kier molecular flexibility index (Phi) is 11.6. The van der Waals surface area contributed by atoms with Crippen LogP contribution in [0.4, 0.5) is 0 Å². The summed E-state index contributed by atoms with van der Waals surface area (Å²) >= 11 is 1.60. The molecule has 146 valence electrons. The van der Waals surface area contributed by atoms with Gasteiger partial charge in [-0.3, -0.25) is 9.62 Å². The number of fused-ring (bicyclic) bond motifs is 1. The molecule has 2 rings (SSSR count). The fourth-order valence-electron chi connectivity index (χ4n) is 2.68. The minimum atomic E-state index is -0.355. The van der Waals surface area contributed by atoms with Gasteiger partial charge in [-0.05, 0) is 55.6 Å². The van der Waals surface area contributed by atoms with Crippen LogP contribution in [0.25, 0.3) is 10.8 Å². The van der Waals surface area contributed by atoms with Crippen LogP contribution in [0, 0.1) is 0 Å². The summed E-state index contributed by atoms with van der Waals surface area (Å²) < 4.78 is 3.32. The molecule has 2 aromatic rings. The average Bonchev–Trinajstić information content (AvgIpc) is 2.62. The molecule has 0 aliphatic rings. The minimum Gasteiger partial charge on any atom is -0.390 e. The van der Waals surface area contributed by atoms with Crippen molar-refractivity contribution in [2.75, 3.05) is 19.6 Å². The first-order valence-electron chi connectivity index (χ1n) is 9.82. The van der Waals surface area contributed by atoms with Gasteiger partial charge in [-0.25, -0.2) is 0 Å². The summed E-state index contributed by atoms with van der Waals surface area (Å²) in [6, 6.07) is 15.2. The molecular formula is C22H36N2OS. The first-order chi connectivity index (χ1) is 12.5. The lowest BCUT2D eigenvalue weighted by molar-refractivity contribution is 0.0988. The fourth-order valence-corrected chi connectivity index (χ4v) is 3.56. The molecule has 0 heterocycles. The Morgan fingerprint density at radius 1 is 1.04 bits per heavy atom. The van der Waals surface area contributed by atoms with Gasteiger partial charge in [0.25, 0.3) is 0 Å². The van der Waals surface area contributed by atoms with E-state index in [-0.39, 0.29) is 6.10 Å². The molecule has 0 radical (unpaired) electrons. The SMILES string of the molecule is CCC.CCCN(CC(O)CNSc1cccc2ccccc12)C(C)C. The number of rotatable bonds is 9. The maximum Gasteiger partial charge on any atom is 0.0800 e. The zero-order chi connectivity index (χ0) is 19.4. The van der Waals surface area contributed by atoms with E-state index in [1.165, 1.54) is 22.1 Å². The van der Waals surface area contributed by atoms with Gasteiger partial charge in [0.05, 0.1) is 6.10 Å². The van der Waals surface area contributed by atoms with E-state index >= 15 is 0 Å². The van der Waals surface area contributed by atoms with Crippen molar-refractivity contribution in [1.29, 1.82) is 0 Å². The number of aliphatic hydroxyl groups is 1. The molecule has 2 aromatic carbocycles. The molecule has 2 N–H and O–H groups in total. The highest BCUT2D eigenvalue weighted by atomic mass is 32.2. The van der Waals surface area contributed by atoms with Crippen molar-refractivity contribution >= 4 is 22.7 Å². The smallest absolute Gasteiger partial charge is 0.0800 e. The predicted molar refractivity (Wildman–Crippen MR) is 117 cm³/mol. The Labute approximate surface area is 164 Å². The number of nitrogens with one attached hydrogen (secondary N) is 1. The minimum absolute atomic E-state index is 0.355. The molecule has 0 bridgehead atoms. The molecular weight excluding hydrogens is 340 g/mol. The van der Waals surface area contributed by atoms with Crippen LogP contribution in [0.5, 0.6) is 0 Å². The number of hydrogen-bond donors (Lipinski definition) is 2. The Bertz CT molecular complexity index is 613. The molecule has 26 heavy (non-hydrogen) atoms. The van der Waals surface area contributed by atoms with Crippen molar-refractivity contribution in [3.8, 4) is 0 Å². The van der Waals surface area contributed by atoms with Crippen LogP contribution in [0.3, 0.4) is 0 Å². The highest BCUT2D eigenvalue weighted by Crippen LogP contribution is 2.25. The third kappa shape index (κ3) is 8.09. The lowest BCUT2D eigenvalue weighted by Crippen LogP contribution is -2.41. The Balaban J connectivity index is 0.00000105. The van der Waals surface area contributed by atoms with Gasteiger partial charge in [-0.2, -0.15) is 0 Å². The third-order valence-electron chi connectivity index (χ3n) is 3.94. The molecule has 0 spiro atoms. The van der Waals surface area contributed by atoms with Crippen LogP contribution in [0.1, 0.15) is 47.5 Å². The van der Waals surface area contributed by atoms with Crippen molar-refractivity contribution in [3.05, 3.63) is 42.5 Å². The van der Waals surface area contributed by atoms with E-state index in [0.29, 0.717) is 19.1 Å². The van der Waals surface area contributed by atoms with Gasteiger partial charge in [0, 0.05) is 24.0 Å². The second-order valence-electron chi connectivity index (χ2n) is 6.88. The molecule has 0 aromatic heterocycles. The molecule has 0 amide bonds. The van der Waals surface area contributed by atoms with E-state index in [9.17, 15) is 5.11 Å². The summed E-state index contributed by atoms with van der Waals surface area (Å²) in [6.45, 7) is 13.1. The molecule has 0 saturated heterocycles. The molecule has 0 aliphatic carbocycles. The highest BCUT2D eigenvalue weighted by molar-refractivity contribution is 7.97. The quantitative estimate of drug-likeness (QED) is 0.580. The van der Waals surface area contributed by atoms with Crippen molar-refractivity contribution in [3.63, 3.8) is 0 Å². The average molecular weight is 377 g/mol. The largest absolute Gasteiger partial charge is 0.390 e. The number of hydrogen-bond acceptors (Lipinski definition) is 4. The number of nitrogens with zero attached hydrogens (tertiary/aromatic N) is 1. The number of benzene rings is 2. The lowest BCUT2D eigenvalue weighted by atomic mass is 10.1. The zero-order valence-corrected chi connectivity index (χ0v) is 17.9. The molecule has 3 nitrogen and oxygen atoms in total. The first kappa shape index (κ1) is 23.0. The summed E-state index contributed by atoms with van der Waals surface area (Å²) in [5.74, 6) is 0. The van der Waals surface area contributed by atoms with Crippen molar-refractivity contribution in [1.82, 2.24) is 9.62 Å². The van der Waals surface area contributed by atoms with E-state index in [1.807, 2.05) is 0 Å². The second kappa shape index (κ2) is 13.2. The topological polar surface area (TPSA) is 35.5 Å².